The number of carbonyl (C=O) groups is 1. The van der Waals surface area contributed by atoms with Crippen molar-refractivity contribution in [1.29, 1.82) is 0 Å². The van der Waals surface area contributed by atoms with Crippen molar-refractivity contribution in [2.45, 2.75) is 25.9 Å². The lowest BCUT2D eigenvalue weighted by Crippen LogP contribution is -2.40. The summed E-state index contributed by atoms with van der Waals surface area (Å²) in [6, 6.07) is 9.29. The molecular formula is C13H20N2O2. The van der Waals surface area contributed by atoms with Gasteiger partial charge in [0.05, 0.1) is 12.1 Å². The molecule has 0 saturated heterocycles. The van der Waals surface area contributed by atoms with Gasteiger partial charge >= 0.3 is 0 Å². The smallest absolute Gasteiger partial charge is 0.238 e. The first-order chi connectivity index (χ1) is 8.03. The summed E-state index contributed by atoms with van der Waals surface area (Å²) in [7, 11) is 0. The fourth-order valence-electron chi connectivity index (χ4n) is 1.30. The Balaban J connectivity index is 2.27. The lowest BCUT2D eigenvalue weighted by molar-refractivity contribution is -0.115. The summed E-state index contributed by atoms with van der Waals surface area (Å²) in [4.78, 5) is 11.5. The zero-order chi connectivity index (χ0) is 12.7. The molecule has 1 unspecified atom stereocenters. The fraction of sp³-hybridized carbons (Fsp3) is 0.462. The van der Waals surface area contributed by atoms with Crippen LogP contribution in [-0.2, 0) is 4.79 Å². The third-order valence-electron chi connectivity index (χ3n) is 2.61. The Morgan fingerprint density at radius 2 is 2.00 bits per heavy atom. The summed E-state index contributed by atoms with van der Waals surface area (Å²) in [5.74, 6) is -0.108. The van der Waals surface area contributed by atoms with E-state index >= 15 is 0 Å². The van der Waals surface area contributed by atoms with Gasteiger partial charge in [-0.3, -0.25) is 4.79 Å². The van der Waals surface area contributed by atoms with Gasteiger partial charge in [-0.25, -0.2) is 0 Å². The van der Waals surface area contributed by atoms with Gasteiger partial charge in [0.2, 0.25) is 5.91 Å². The molecule has 17 heavy (non-hydrogen) atoms. The van der Waals surface area contributed by atoms with Crippen LogP contribution >= 0.6 is 0 Å². The van der Waals surface area contributed by atoms with Crippen LogP contribution in [0.2, 0.25) is 0 Å². The molecule has 1 amide bonds. The number of para-hydroxylation sites is 1. The van der Waals surface area contributed by atoms with Gasteiger partial charge in [-0.2, -0.15) is 0 Å². The van der Waals surface area contributed by atoms with Crippen molar-refractivity contribution in [2.75, 3.05) is 18.4 Å². The van der Waals surface area contributed by atoms with E-state index in [1.165, 1.54) is 0 Å². The van der Waals surface area contributed by atoms with Crippen molar-refractivity contribution in [1.82, 2.24) is 5.32 Å². The predicted octanol–water partition coefficient (Wildman–Crippen LogP) is 1.38. The molecule has 1 rings (SSSR count). The van der Waals surface area contributed by atoms with Crippen molar-refractivity contribution in [3.05, 3.63) is 30.3 Å². The molecule has 4 heteroatoms. The summed E-state index contributed by atoms with van der Waals surface area (Å²) in [5.41, 5.74) is 0.0223. The average Bonchev–Trinajstić information content (AvgIpc) is 2.30. The van der Waals surface area contributed by atoms with Crippen molar-refractivity contribution in [3.63, 3.8) is 0 Å². The Kier molecular flexibility index (Phi) is 5.12. The molecule has 0 spiro atoms. The van der Waals surface area contributed by atoms with E-state index in [1.54, 1.807) is 6.92 Å². The monoisotopic (exact) mass is 236 g/mol. The molecule has 0 aliphatic carbocycles. The maximum Gasteiger partial charge on any atom is 0.238 e. The molecule has 0 bridgehead atoms. The first-order valence-electron chi connectivity index (χ1n) is 5.81. The number of hydrogen-bond donors (Lipinski definition) is 3. The van der Waals surface area contributed by atoms with Crippen LogP contribution in [0.15, 0.2) is 30.3 Å². The van der Waals surface area contributed by atoms with Crippen LogP contribution in [0.3, 0.4) is 0 Å². The predicted molar refractivity (Wildman–Crippen MR) is 68.9 cm³/mol. The highest BCUT2D eigenvalue weighted by Crippen LogP contribution is 2.06. The largest absolute Gasteiger partial charge is 0.389 e. The van der Waals surface area contributed by atoms with E-state index in [9.17, 15) is 9.90 Å². The first kappa shape index (κ1) is 13.7. The summed E-state index contributed by atoms with van der Waals surface area (Å²) in [6.07, 6.45) is 0.653. The number of aliphatic hydroxyl groups is 1. The highest BCUT2D eigenvalue weighted by Gasteiger charge is 2.16. The fourth-order valence-corrected chi connectivity index (χ4v) is 1.30. The van der Waals surface area contributed by atoms with Gasteiger partial charge < -0.3 is 15.7 Å². The molecule has 4 nitrogen and oxygen atoms in total. The van der Waals surface area contributed by atoms with Crippen LogP contribution in [0.1, 0.15) is 20.3 Å². The molecule has 0 fully saturated rings. The standard InChI is InChI=1S/C13H20N2O2/c1-3-13(2,17)10-14-9-12(16)15-11-7-5-4-6-8-11/h4-8,14,17H,3,9-10H2,1-2H3,(H,15,16). The van der Waals surface area contributed by atoms with Crippen LogP contribution in [0.25, 0.3) is 0 Å². The quantitative estimate of drug-likeness (QED) is 0.699. The zero-order valence-electron chi connectivity index (χ0n) is 10.4. The van der Waals surface area contributed by atoms with Crippen molar-refractivity contribution in [2.24, 2.45) is 0 Å². The lowest BCUT2D eigenvalue weighted by Gasteiger charge is -2.21. The molecule has 94 valence electrons. The van der Waals surface area contributed by atoms with E-state index in [0.717, 1.165) is 5.69 Å². The number of carbonyl (C=O) groups excluding carboxylic acids is 1. The molecule has 1 aromatic carbocycles. The summed E-state index contributed by atoms with van der Waals surface area (Å²) in [6.45, 7) is 4.26. The van der Waals surface area contributed by atoms with Gasteiger partial charge in [0.1, 0.15) is 0 Å². The summed E-state index contributed by atoms with van der Waals surface area (Å²) >= 11 is 0. The minimum absolute atomic E-state index is 0.108. The first-order valence-corrected chi connectivity index (χ1v) is 5.81. The minimum atomic E-state index is -0.757. The normalized spacial score (nSPS) is 14.1. The van der Waals surface area contributed by atoms with Crippen LogP contribution in [0.5, 0.6) is 0 Å². The maximum atomic E-state index is 11.5. The van der Waals surface area contributed by atoms with E-state index in [-0.39, 0.29) is 12.5 Å². The Morgan fingerprint density at radius 3 is 2.59 bits per heavy atom. The molecule has 0 aliphatic heterocycles. The molecule has 0 aliphatic rings. The zero-order valence-corrected chi connectivity index (χ0v) is 10.4. The Morgan fingerprint density at radius 1 is 1.35 bits per heavy atom. The van der Waals surface area contributed by atoms with Crippen LogP contribution in [-0.4, -0.2) is 29.7 Å². The molecule has 1 atom stereocenters. The van der Waals surface area contributed by atoms with E-state index in [1.807, 2.05) is 37.3 Å². The molecule has 0 radical (unpaired) electrons. The number of amides is 1. The Labute approximate surface area is 102 Å². The van der Waals surface area contributed by atoms with Crippen molar-refractivity contribution >= 4 is 11.6 Å². The van der Waals surface area contributed by atoms with Gasteiger partial charge in [-0.15, -0.1) is 0 Å². The van der Waals surface area contributed by atoms with Gasteiger partial charge in [0, 0.05) is 12.2 Å². The van der Waals surface area contributed by atoms with Gasteiger partial charge in [-0.1, -0.05) is 25.1 Å². The topological polar surface area (TPSA) is 61.4 Å². The molecule has 0 saturated carbocycles. The van der Waals surface area contributed by atoms with E-state index < -0.39 is 5.60 Å². The number of rotatable bonds is 6. The molecule has 1 aromatic rings. The van der Waals surface area contributed by atoms with E-state index in [2.05, 4.69) is 10.6 Å². The average molecular weight is 236 g/mol. The van der Waals surface area contributed by atoms with Gasteiger partial charge in [0.15, 0.2) is 0 Å². The number of anilines is 1. The van der Waals surface area contributed by atoms with Crippen LogP contribution in [0.4, 0.5) is 5.69 Å². The van der Waals surface area contributed by atoms with Crippen LogP contribution in [0, 0.1) is 0 Å². The maximum absolute atomic E-state index is 11.5. The molecular weight excluding hydrogens is 216 g/mol. The molecule has 0 aromatic heterocycles. The molecule has 0 heterocycles. The molecule has 3 N–H and O–H groups in total. The summed E-state index contributed by atoms with van der Waals surface area (Å²) in [5, 5.41) is 15.4. The van der Waals surface area contributed by atoms with Crippen molar-refractivity contribution in [3.8, 4) is 0 Å². The lowest BCUT2D eigenvalue weighted by atomic mass is 10.0. The number of nitrogens with one attached hydrogen (secondary N) is 2. The minimum Gasteiger partial charge on any atom is -0.389 e. The second kappa shape index (κ2) is 6.37. The number of benzene rings is 1. The Hall–Kier alpha value is -1.39. The van der Waals surface area contributed by atoms with Gasteiger partial charge in [0.25, 0.3) is 0 Å². The highest BCUT2D eigenvalue weighted by atomic mass is 16.3. The second-order valence-electron chi connectivity index (χ2n) is 4.37. The van der Waals surface area contributed by atoms with Crippen molar-refractivity contribution < 1.29 is 9.90 Å². The third-order valence-corrected chi connectivity index (χ3v) is 2.61. The van der Waals surface area contributed by atoms with E-state index in [4.69, 9.17) is 0 Å². The summed E-state index contributed by atoms with van der Waals surface area (Å²) < 4.78 is 0. The highest BCUT2D eigenvalue weighted by molar-refractivity contribution is 5.92. The Bertz CT molecular complexity index is 350. The number of hydrogen-bond acceptors (Lipinski definition) is 3. The third kappa shape index (κ3) is 5.47. The SMILES string of the molecule is CCC(C)(O)CNCC(=O)Nc1ccccc1. The van der Waals surface area contributed by atoms with Gasteiger partial charge in [-0.05, 0) is 25.5 Å². The van der Waals surface area contributed by atoms with E-state index in [0.29, 0.717) is 13.0 Å². The van der Waals surface area contributed by atoms with Crippen LogP contribution < -0.4 is 10.6 Å². The second-order valence-corrected chi connectivity index (χ2v) is 4.37.